The number of hydrogen-bond acceptors (Lipinski definition) is 3. The number of carbonyl (C=O) groups excluding carboxylic acids is 1. The van der Waals surface area contributed by atoms with Crippen LogP contribution in [0.3, 0.4) is 0 Å². The second kappa shape index (κ2) is 7.81. The molecule has 0 bridgehead atoms. The van der Waals surface area contributed by atoms with Crippen LogP contribution in [-0.2, 0) is 16.0 Å². The molecule has 17 heavy (non-hydrogen) atoms. The first-order valence-corrected chi connectivity index (χ1v) is 5.83. The topological polar surface area (TPSA) is 64.3 Å². The molecule has 1 aromatic carbocycles. The first kappa shape index (κ1) is 13.7. The van der Waals surface area contributed by atoms with Crippen LogP contribution in [0.15, 0.2) is 24.3 Å². The highest BCUT2D eigenvalue weighted by molar-refractivity contribution is 5.78. The van der Waals surface area contributed by atoms with Gasteiger partial charge in [-0.15, -0.1) is 0 Å². The van der Waals surface area contributed by atoms with Crippen molar-refractivity contribution in [1.29, 1.82) is 0 Å². The Morgan fingerprint density at radius 3 is 2.82 bits per heavy atom. The van der Waals surface area contributed by atoms with Crippen molar-refractivity contribution < 1.29 is 9.53 Å². The Hall–Kier alpha value is -1.39. The minimum atomic E-state index is 0.0237. The molecule has 0 saturated carbocycles. The molecular weight excluding hydrogens is 216 g/mol. The maximum Gasteiger partial charge on any atom is 0.224 e. The van der Waals surface area contributed by atoms with Crippen molar-refractivity contribution in [1.82, 2.24) is 5.32 Å². The summed E-state index contributed by atoms with van der Waals surface area (Å²) >= 11 is 0. The van der Waals surface area contributed by atoms with Gasteiger partial charge in [-0.25, -0.2) is 0 Å². The molecule has 1 amide bonds. The molecule has 1 rings (SSSR count). The fourth-order valence-corrected chi connectivity index (χ4v) is 1.49. The van der Waals surface area contributed by atoms with Gasteiger partial charge in [0.05, 0.1) is 19.6 Å². The summed E-state index contributed by atoms with van der Waals surface area (Å²) in [6, 6.07) is 7.89. The molecule has 94 valence electrons. The number of carbonyl (C=O) groups is 1. The van der Waals surface area contributed by atoms with Crippen molar-refractivity contribution in [2.24, 2.45) is 5.73 Å². The number of amides is 1. The normalized spacial score (nSPS) is 10.2. The van der Waals surface area contributed by atoms with E-state index in [2.05, 4.69) is 5.32 Å². The van der Waals surface area contributed by atoms with Gasteiger partial charge < -0.3 is 15.8 Å². The first-order chi connectivity index (χ1) is 8.24. The Morgan fingerprint density at radius 1 is 1.35 bits per heavy atom. The lowest BCUT2D eigenvalue weighted by atomic mass is 10.1. The number of benzene rings is 1. The second-order valence-electron chi connectivity index (χ2n) is 3.85. The van der Waals surface area contributed by atoms with Gasteiger partial charge in [0, 0.05) is 13.1 Å². The molecule has 0 fully saturated rings. The van der Waals surface area contributed by atoms with E-state index in [9.17, 15) is 4.79 Å². The smallest absolute Gasteiger partial charge is 0.224 e. The molecule has 4 nitrogen and oxygen atoms in total. The quantitative estimate of drug-likeness (QED) is 0.682. The summed E-state index contributed by atoms with van der Waals surface area (Å²) in [6.45, 7) is 4.10. The highest BCUT2D eigenvalue weighted by Crippen LogP contribution is 2.07. The van der Waals surface area contributed by atoms with Gasteiger partial charge in [0.1, 0.15) is 0 Å². The van der Waals surface area contributed by atoms with Crippen molar-refractivity contribution in [2.45, 2.75) is 13.3 Å². The fraction of sp³-hybridized carbons (Fsp3) is 0.462. The lowest BCUT2D eigenvalue weighted by Crippen LogP contribution is -2.29. The third kappa shape index (κ3) is 5.47. The number of ether oxygens (including phenoxy) is 1. The van der Waals surface area contributed by atoms with Gasteiger partial charge in [-0.05, 0) is 18.1 Å². The van der Waals surface area contributed by atoms with Crippen LogP contribution in [0.4, 0.5) is 0 Å². The maximum atomic E-state index is 11.6. The molecule has 0 spiro atoms. The molecule has 4 heteroatoms. The number of hydrogen-bond donors (Lipinski definition) is 2. The molecule has 3 N–H and O–H groups in total. The van der Waals surface area contributed by atoms with E-state index < -0.39 is 0 Å². The van der Waals surface area contributed by atoms with Gasteiger partial charge in [0.25, 0.3) is 0 Å². The zero-order chi connectivity index (χ0) is 12.5. The molecule has 0 radical (unpaired) electrons. The monoisotopic (exact) mass is 236 g/mol. The van der Waals surface area contributed by atoms with Gasteiger partial charge in [-0.3, -0.25) is 4.79 Å². The van der Waals surface area contributed by atoms with E-state index in [1.54, 1.807) is 0 Å². The summed E-state index contributed by atoms with van der Waals surface area (Å²) in [6.07, 6.45) is 0.420. The van der Waals surface area contributed by atoms with Crippen LogP contribution in [0, 0.1) is 6.92 Å². The number of nitrogens with one attached hydrogen (secondary N) is 1. The first-order valence-electron chi connectivity index (χ1n) is 5.83. The zero-order valence-corrected chi connectivity index (χ0v) is 10.2. The lowest BCUT2D eigenvalue weighted by Gasteiger charge is -2.07. The molecule has 0 atom stereocenters. The molecular formula is C13H20N2O2. The molecule has 0 aliphatic rings. The van der Waals surface area contributed by atoms with Crippen LogP contribution < -0.4 is 11.1 Å². The zero-order valence-electron chi connectivity index (χ0n) is 10.2. The minimum absolute atomic E-state index is 0.0237. The minimum Gasteiger partial charge on any atom is -0.378 e. The molecule has 1 aromatic rings. The maximum absolute atomic E-state index is 11.6. The Bertz CT molecular complexity index is 353. The summed E-state index contributed by atoms with van der Waals surface area (Å²) in [7, 11) is 0. The van der Waals surface area contributed by atoms with Gasteiger partial charge in [-0.1, -0.05) is 24.3 Å². The average molecular weight is 236 g/mol. The molecule has 0 aromatic heterocycles. The van der Waals surface area contributed by atoms with Crippen LogP contribution in [0.1, 0.15) is 11.1 Å². The predicted octanol–water partition coefficient (Wildman–Crippen LogP) is 0.629. The third-order valence-electron chi connectivity index (χ3n) is 2.44. The molecule has 0 unspecified atom stereocenters. The van der Waals surface area contributed by atoms with Crippen molar-refractivity contribution in [3.05, 3.63) is 35.4 Å². The van der Waals surface area contributed by atoms with E-state index in [-0.39, 0.29) is 5.91 Å². The van der Waals surface area contributed by atoms with E-state index in [1.807, 2.05) is 31.2 Å². The number of rotatable bonds is 7. The van der Waals surface area contributed by atoms with Crippen LogP contribution in [0.25, 0.3) is 0 Å². The third-order valence-corrected chi connectivity index (χ3v) is 2.44. The Labute approximate surface area is 102 Å². The van der Waals surface area contributed by atoms with Crippen molar-refractivity contribution in [3.8, 4) is 0 Å². The van der Waals surface area contributed by atoms with Crippen LogP contribution in [0.2, 0.25) is 0 Å². The number of aryl methyl sites for hydroxylation is 1. The lowest BCUT2D eigenvalue weighted by molar-refractivity contribution is -0.120. The van der Waals surface area contributed by atoms with Crippen LogP contribution >= 0.6 is 0 Å². The summed E-state index contributed by atoms with van der Waals surface area (Å²) in [5.74, 6) is 0.0237. The van der Waals surface area contributed by atoms with E-state index in [0.717, 1.165) is 11.1 Å². The average Bonchev–Trinajstić information content (AvgIpc) is 2.32. The molecule has 0 heterocycles. The fourth-order valence-electron chi connectivity index (χ4n) is 1.49. The number of nitrogens with two attached hydrogens (primary N) is 1. The van der Waals surface area contributed by atoms with Crippen molar-refractivity contribution >= 4 is 5.91 Å². The summed E-state index contributed by atoms with van der Waals surface area (Å²) in [4.78, 5) is 11.6. The van der Waals surface area contributed by atoms with Crippen molar-refractivity contribution in [3.63, 3.8) is 0 Å². The van der Waals surface area contributed by atoms with Crippen LogP contribution in [-0.4, -0.2) is 32.2 Å². The molecule has 0 saturated heterocycles. The second-order valence-corrected chi connectivity index (χ2v) is 3.85. The highest BCUT2D eigenvalue weighted by Gasteiger charge is 2.04. The standard InChI is InChI=1S/C13H20N2O2/c1-11-4-2-3-5-12(11)10-13(16)15-7-9-17-8-6-14/h2-5H,6-10,14H2,1H3,(H,15,16). The Balaban J connectivity index is 2.23. The van der Waals surface area contributed by atoms with Crippen molar-refractivity contribution in [2.75, 3.05) is 26.3 Å². The van der Waals surface area contributed by atoms with E-state index in [4.69, 9.17) is 10.5 Å². The van der Waals surface area contributed by atoms with E-state index in [1.165, 1.54) is 0 Å². The summed E-state index contributed by atoms with van der Waals surface area (Å²) in [5, 5.41) is 2.81. The Morgan fingerprint density at radius 2 is 2.12 bits per heavy atom. The summed E-state index contributed by atoms with van der Waals surface area (Å²) < 4.78 is 5.17. The van der Waals surface area contributed by atoms with Crippen LogP contribution in [0.5, 0.6) is 0 Å². The van der Waals surface area contributed by atoms with E-state index in [0.29, 0.717) is 32.7 Å². The summed E-state index contributed by atoms with van der Waals surface area (Å²) in [5.41, 5.74) is 7.48. The predicted molar refractivity (Wildman–Crippen MR) is 67.8 cm³/mol. The van der Waals surface area contributed by atoms with Gasteiger partial charge in [0.15, 0.2) is 0 Å². The highest BCUT2D eigenvalue weighted by atomic mass is 16.5. The van der Waals surface area contributed by atoms with Gasteiger partial charge in [0.2, 0.25) is 5.91 Å². The van der Waals surface area contributed by atoms with Gasteiger partial charge >= 0.3 is 0 Å². The Kier molecular flexibility index (Phi) is 6.29. The molecule has 0 aliphatic heterocycles. The SMILES string of the molecule is Cc1ccccc1CC(=O)NCCOCCN. The van der Waals surface area contributed by atoms with E-state index >= 15 is 0 Å². The largest absolute Gasteiger partial charge is 0.378 e. The molecule has 0 aliphatic carbocycles. The van der Waals surface area contributed by atoms with Gasteiger partial charge in [-0.2, -0.15) is 0 Å².